The van der Waals surface area contributed by atoms with Crippen molar-refractivity contribution < 1.29 is 13.5 Å². The molecule has 0 bridgehead atoms. The van der Waals surface area contributed by atoms with Crippen LogP contribution in [0.15, 0.2) is 21.3 Å². The lowest BCUT2D eigenvalue weighted by Crippen LogP contribution is -2.38. The Morgan fingerprint density at radius 1 is 1.17 bits per heavy atom. The first kappa shape index (κ1) is 29.6. The quantitative estimate of drug-likeness (QED) is 0.180. The number of hydrogen-bond acceptors (Lipinski definition) is 5. The maximum atomic E-state index is 12.6. The number of aliphatic hydroxyl groups is 1. The van der Waals surface area contributed by atoms with Gasteiger partial charge in [0.05, 0.1) is 0 Å². The van der Waals surface area contributed by atoms with E-state index in [4.69, 9.17) is 0 Å². The van der Waals surface area contributed by atoms with E-state index < -0.39 is 10.0 Å². The Labute approximate surface area is 203 Å². The summed E-state index contributed by atoms with van der Waals surface area (Å²) in [6.45, 7) is 11.2. The molecule has 1 aromatic heterocycles. The first-order valence-electron chi connectivity index (χ1n) is 10.6. The maximum Gasteiger partial charge on any atom is 0.252 e. The summed E-state index contributed by atoms with van der Waals surface area (Å²) in [5, 5.41) is 15.8. The number of rotatable bonds is 14. The van der Waals surface area contributed by atoms with E-state index >= 15 is 0 Å². The molecule has 0 amide bonds. The molecule has 0 aliphatic rings. The normalized spacial score (nSPS) is 13.2. The summed E-state index contributed by atoms with van der Waals surface area (Å²) in [5.74, 6) is 1.16. The Morgan fingerprint density at radius 3 is 2.43 bits per heavy atom. The molecule has 3 N–H and O–H groups in total. The van der Waals surface area contributed by atoms with Crippen molar-refractivity contribution in [2.75, 3.05) is 39.3 Å². The van der Waals surface area contributed by atoms with Crippen LogP contribution in [0.5, 0.6) is 0 Å². The SMILES string of the molecule is CCCC(CCO)CN=C(NCC)NCCc1ccc(S(=O)(=O)N(CC)CC)s1.I. The summed E-state index contributed by atoms with van der Waals surface area (Å²) in [6.07, 6.45) is 3.65. The topological polar surface area (TPSA) is 94.0 Å². The van der Waals surface area contributed by atoms with Gasteiger partial charge in [0.15, 0.2) is 5.96 Å². The summed E-state index contributed by atoms with van der Waals surface area (Å²) in [6, 6.07) is 3.60. The van der Waals surface area contributed by atoms with Gasteiger partial charge in [-0.15, -0.1) is 35.3 Å². The van der Waals surface area contributed by atoms with Crippen LogP contribution in [0.3, 0.4) is 0 Å². The summed E-state index contributed by atoms with van der Waals surface area (Å²) in [7, 11) is -3.38. The number of nitrogens with one attached hydrogen (secondary N) is 2. The first-order valence-corrected chi connectivity index (χ1v) is 12.9. The molecule has 1 unspecified atom stereocenters. The third-order valence-electron chi connectivity index (χ3n) is 4.69. The molecule has 30 heavy (non-hydrogen) atoms. The molecule has 0 aromatic carbocycles. The predicted molar refractivity (Wildman–Crippen MR) is 138 cm³/mol. The highest BCUT2D eigenvalue weighted by atomic mass is 127. The second kappa shape index (κ2) is 16.2. The van der Waals surface area contributed by atoms with Crippen molar-refractivity contribution in [1.82, 2.24) is 14.9 Å². The van der Waals surface area contributed by atoms with Crippen LogP contribution >= 0.6 is 35.3 Å². The lowest BCUT2D eigenvalue weighted by Gasteiger charge is -2.16. The zero-order valence-corrected chi connectivity index (χ0v) is 22.6. The Hall–Kier alpha value is -0.430. The van der Waals surface area contributed by atoms with Crippen LogP contribution in [0.1, 0.15) is 51.8 Å². The van der Waals surface area contributed by atoms with Gasteiger partial charge in [0.25, 0.3) is 10.0 Å². The zero-order valence-electron chi connectivity index (χ0n) is 18.7. The highest BCUT2D eigenvalue weighted by molar-refractivity contribution is 14.0. The third-order valence-corrected chi connectivity index (χ3v) is 8.35. The monoisotopic (exact) mass is 574 g/mol. The average Bonchev–Trinajstić information content (AvgIpc) is 3.17. The molecule has 1 rings (SSSR count). The van der Waals surface area contributed by atoms with Crippen LogP contribution in [0.25, 0.3) is 0 Å². The Bertz CT molecular complexity index is 701. The van der Waals surface area contributed by atoms with Crippen molar-refractivity contribution in [3.05, 3.63) is 17.0 Å². The number of thiophene rings is 1. The van der Waals surface area contributed by atoms with Gasteiger partial charge in [0.1, 0.15) is 4.21 Å². The molecule has 1 aromatic rings. The van der Waals surface area contributed by atoms with E-state index in [1.165, 1.54) is 15.6 Å². The van der Waals surface area contributed by atoms with Gasteiger partial charge in [0.2, 0.25) is 0 Å². The summed E-state index contributed by atoms with van der Waals surface area (Å²) < 4.78 is 27.1. The van der Waals surface area contributed by atoms with Crippen molar-refractivity contribution in [3.8, 4) is 0 Å². The number of hydrogen-bond donors (Lipinski definition) is 3. The van der Waals surface area contributed by atoms with Gasteiger partial charge < -0.3 is 15.7 Å². The van der Waals surface area contributed by atoms with Crippen LogP contribution in [0, 0.1) is 5.92 Å². The Balaban J connectivity index is 0.00000841. The van der Waals surface area contributed by atoms with Gasteiger partial charge in [-0.1, -0.05) is 27.2 Å². The predicted octanol–water partition coefficient (Wildman–Crippen LogP) is 3.29. The van der Waals surface area contributed by atoms with Crippen LogP contribution in [-0.2, 0) is 16.4 Å². The molecular weight excluding hydrogens is 535 g/mol. The minimum atomic E-state index is -3.38. The minimum Gasteiger partial charge on any atom is -0.396 e. The van der Waals surface area contributed by atoms with E-state index in [2.05, 4.69) is 22.5 Å². The highest BCUT2D eigenvalue weighted by Crippen LogP contribution is 2.25. The molecule has 0 saturated carbocycles. The number of sulfonamides is 1. The maximum absolute atomic E-state index is 12.6. The van der Waals surface area contributed by atoms with Gasteiger partial charge >= 0.3 is 0 Å². The fraction of sp³-hybridized carbons (Fsp3) is 0.750. The largest absolute Gasteiger partial charge is 0.396 e. The number of halogens is 1. The molecular formula is C20H39IN4O3S2. The molecule has 1 atom stereocenters. The van der Waals surface area contributed by atoms with Gasteiger partial charge in [-0.05, 0) is 44.2 Å². The summed E-state index contributed by atoms with van der Waals surface area (Å²) in [5.41, 5.74) is 0. The van der Waals surface area contributed by atoms with E-state index in [-0.39, 0.29) is 30.6 Å². The van der Waals surface area contributed by atoms with Crippen LogP contribution < -0.4 is 10.6 Å². The molecule has 0 aliphatic heterocycles. The second-order valence-electron chi connectivity index (χ2n) is 6.87. The van der Waals surface area contributed by atoms with Gasteiger partial charge in [-0.2, -0.15) is 4.31 Å². The van der Waals surface area contributed by atoms with Crippen molar-refractivity contribution >= 4 is 51.3 Å². The molecule has 0 saturated heterocycles. The molecule has 0 fully saturated rings. The van der Waals surface area contributed by atoms with E-state index in [9.17, 15) is 13.5 Å². The van der Waals surface area contributed by atoms with Crippen LogP contribution in [0.2, 0.25) is 0 Å². The van der Waals surface area contributed by atoms with E-state index in [1.807, 2.05) is 26.8 Å². The molecule has 0 aliphatic carbocycles. The molecule has 176 valence electrons. The van der Waals surface area contributed by atoms with E-state index in [1.54, 1.807) is 6.07 Å². The van der Waals surface area contributed by atoms with Crippen LogP contribution in [-0.4, -0.2) is 63.1 Å². The molecule has 0 spiro atoms. The van der Waals surface area contributed by atoms with Gasteiger partial charge in [-0.25, -0.2) is 8.42 Å². The Morgan fingerprint density at radius 2 is 1.87 bits per heavy atom. The molecule has 10 heteroatoms. The van der Waals surface area contributed by atoms with Crippen molar-refractivity contribution in [1.29, 1.82) is 0 Å². The second-order valence-corrected chi connectivity index (χ2v) is 10.2. The average molecular weight is 575 g/mol. The summed E-state index contributed by atoms with van der Waals surface area (Å²) >= 11 is 1.34. The van der Waals surface area contributed by atoms with Crippen LogP contribution in [0.4, 0.5) is 0 Å². The number of nitrogens with zero attached hydrogens (tertiary/aromatic N) is 2. The lowest BCUT2D eigenvalue weighted by atomic mass is 10.0. The number of guanidine groups is 1. The fourth-order valence-corrected chi connectivity index (χ4v) is 6.07. The van der Waals surface area contributed by atoms with Gasteiger partial charge in [-0.3, -0.25) is 4.99 Å². The third kappa shape index (κ3) is 9.80. The zero-order chi connectivity index (χ0) is 21.7. The Kier molecular flexibility index (Phi) is 16.0. The fourth-order valence-electron chi connectivity index (χ4n) is 3.11. The number of aliphatic imine (C=N–C) groups is 1. The number of aliphatic hydroxyl groups excluding tert-OH is 1. The highest BCUT2D eigenvalue weighted by Gasteiger charge is 2.23. The minimum absolute atomic E-state index is 0. The van der Waals surface area contributed by atoms with Gasteiger partial charge in [0, 0.05) is 44.2 Å². The van der Waals surface area contributed by atoms with E-state index in [0.29, 0.717) is 36.3 Å². The summed E-state index contributed by atoms with van der Waals surface area (Å²) in [4.78, 5) is 5.69. The molecule has 7 nitrogen and oxygen atoms in total. The van der Waals surface area contributed by atoms with Crippen molar-refractivity contribution in [3.63, 3.8) is 0 Å². The van der Waals surface area contributed by atoms with E-state index in [0.717, 1.165) is 43.1 Å². The smallest absolute Gasteiger partial charge is 0.252 e. The van der Waals surface area contributed by atoms with Crippen molar-refractivity contribution in [2.45, 2.75) is 57.6 Å². The first-order chi connectivity index (χ1) is 13.9. The standard InChI is InChI=1S/C20H38N4O3S2.HI/c1-5-9-17(13-15-25)16-23-20(21-6-2)22-14-12-18-10-11-19(28-18)29(26,27)24(7-3)8-4;/h10-11,17,25H,5-9,12-16H2,1-4H3,(H2,21,22,23);1H. The molecule has 1 heterocycles. The lowest BCUT2D eigenvalue weighted by molar-refractivity contribution is 0.253. The van der Waals surface area contributed by atoms with Crippen molar-refractivity contribution in [2.24, 2.45) is 10.9 Å². The molecule has 0 radical (unpaired) electrons.